The Labute approximate surface area is 720 Å². The van der Waals surface area contributed by atoms with Crippen LogP contribution < -0.4 is 19.1 Å². The maximum Gasteiger partial charge on any atom is 0.134 e. The monoisotopic (exact) mass is 1600 g/mol. The summed E-state index contributed by atoms with van der Waals surface area (Å²) in [6.45, 7) is 58.6. The van der Waals surface area contributed by atoms with Gasteiger partial charge in [0, 0.05) is 53.6 Å². The summed E-state index contributed by atoms with van der Waals surface area (Å²) in [5.74, 6) is 14.4. The predicted octanol–water partition coefficient (Wildman–Crippen LogP) is 33.8. The van der Waals surface area contributed by atoms with E-state index in [0.717, 1.165) is 82.5 Å². The van der Waals surface area contributed by atoms with Crippen molar-refractivity contribution < 1.29 is 18.6 Å². The minimum atomic E-state index is -0.249. The van der Waals surface area contributed by atoms with Gasteiger partial charge in [-0.25, -0.2) is 4.39 Å². The van der Waals surface area contributed by atoms with Crippen molar-refractivity contribution in [2.24, 2.45) is 82.3 Å². The molecule has 1 spiro atoms. The van der Waals surface area contributed by atoms with Gasteiger partial charge >= 0.3 is 0 Å². The minimum Gasteiger partial charge on any atom is -0.497 e. The van der Waals surface area contributed by atoms with Gasteiger partial charge in [0.15, 0.2) is 0 Å². The zero-order valence-corrected chi connectivity index (χ0v) is 79.3. The van der Waals surface area contributed by atoms with Crippen LogP contribution in [-0.4, -0.2) is 37.4 Å². The number of ether oxygens (including phenoxy) is 3. The Morgan fingerprint density at radius 1 is 0.393 bits per heavy atom. The second-order valence-corrected chi connectivity index (χ2v) is 34.7. The fourth-order valence-electron chi connectivity index (χ4n) is 14.6. The van der Waals surface area contributed by atoms with Gasteiger partial charge in [-0.1, -0.05) is 363 Å². The lowest BCUT2D eigenvalue weighted by atomic mass is 9.55. The van der Waals surface area contributed by atoms with E-state index < -0.39 is 0 Å². The molecule has 0 bridgehead atoms. The van der Waals surface area contributed by atoms with Gasteiger partial charge < -0.3 is 19.1 Å². The quantitative estimate of drug-likeness (QED) is 0.0712. The van der Waals surface area contributed by atoms with Crippen molar-refractivity contribution in [3.05, 3.63) is 252 Å². The molecule has 0 radical (unpaired) electrons. The molecule has 14 rings (SSSR count). The highest BCUT2D eigenvalue weighted by Crippen LogP contribution is 2.55. The van der Waals surface area contributed by atoms with E-state index in [1.807, 2.05) is 124 Å². The minimum absolute atomic E-state index is 0.249. The van der Waals surface area contributed by atoms with E-state index in [2.05, 4.69) is 278 Å². The number of anilines is 1. The molecule has 6 heteroatoms. The number of halogens is 1. The first-order valence-electron chi connectivity index (χ1n) is 46.8. The molecule has 5 nitrogen and oxygen atoms in total. The number of benzene rings is 6. The molecule has 7 fully saturated rings. The number of hydrogen-bond donors (Lipinski definition) is 0. The average Bonchev–Trinajstić information content (AvgIpc) is 1.10. The Balaban J connectivity index is 0.000000447. The number of hydrogen-bond acceptors (Lipinski definition) is 5. The van der Waals surface area contributed by atoms with Gasteiger partial charge in [-0.3, -0.25) is 4.98 Å². The van der Waals surface area contributed by atoms with E-state index >= 15 is 0 Å². The topological polar surface area (TPSA) is 43.8 Å². The standard InChI is InChI=1S/C15H21N.C14H18O.C13H18O.C13H18.C12H15FO.C12H17N.C11H20.C11H14.5C2H6/c1-12(2)13-8-15(9-13)10-16(11-15)14-6-4-3-5-7-14;1-11(2)3-4-12-5-7-13(8-6-12)15-14-9-10-14;1-10(2)11-8-13(9-11)14-12-6-4-3-5-7-12;1-10(2)12-8-13(9-12)11-6-4-3-5-7-11;1-9(2)4-5-10-6-7-11(14-3)8-12(10)13;1-9(2)10-7-11(8-10)12-5-3-4-6-13-12;2*1-10(2)8-9-11-6-4-3-5-7-11;5*1-2/h3-7,12-13H,8-11H2,1-2H3;3-8,11,14H,9-10H2,1-2H3;3-7,10-11,13H,8-9H2,1-2H3;3-7,10,12-13H,8-9H2,1-2H3;4-9H,1-3H3;3-6,9-11H,7-8H2,1-2H3;8-11H,3-7H2,1-2H3;3-10H,1-2H3;5*1-2H3/b;4-3+;;;5-4+;;2*9-8+;;;;;. The van der Waals surface area contributed by atoms with Gasteiger partial charge in [0.25, 0.3) is 0 Å². The van der Waals surface area contributed by atoms with Gasteiger partial charge in [-0.05, 0) is 237 Å². The van der Waals surface area contributed by atoms with Crippen LogP contribution in [0.5, 0.6) is 17.2 Å². The Hall–Kier alpha value is -7.44. The van der Waals surface area contributed by atoms with Gasteiger partial charge in [0.2, 0.25) is 0 Å². The van der Waals surface area contributed by atoms with Gasteiger partial charge in [-0.2, -0.15) is 0 Å². The highest BCUT2D eigenvalue weighted by molar-refractivity contribution is 5.53. The Morgan fingerprint density at radius 2 is 0.803 bits per heavy atom. The molecule has 2 heterocycles. The number of methoxy groups -OCH3 is 1. The van der Waals surface area contributed by atoms with Crippen molar-refractivity contribution in [2.75, 3.05) is 25.1 Å². The first-order chi connectivity index (χ1) is 56.4. The second-order valence-electron chi connectivity index (χ2n) is 34.7. The van der Waals surface area contributed by atoms with Crippen LogP contribution in [0, 0.1) is 88.2 Å². The molecule has 7 aliphatic rings. The van der Waals surface area contributed by atoms with Gasteiger partial charge in [0.1, 0.15) is 23.1 Å². The Morgan fingerprint density at radius 3 is 1.25 bits per heavy atom. The largest absolute Gasteiger partial charge is 0.497 e. The van der Waals surface area contributed by atoms with Crippen molar-refractivity contribution in [3.8, 4) is 17.2 Å². The highest BCUT2D eigenvalue weighted by atomic mass is 19.1. The van der Waals surface area contributed by atoms with Crippen molar-refractivity contribution in [2.45, 2.75) is 300 Å². The van der Waals surface area contributed by atoms with Crippen LogP contribution in [0.4, 0.5) is 10.1 Å². The van der Waals surface area contributed by atoms with Crippen LogP contribution >= 0.6 is 0 Å². The summed E-state index contributed by atoms with van der Waals surface area (Å²) < 4.78 is 29.8. The van der Waals surface area contributed by atoms with E-state index in [0.29, 0.717) is 46.7 Å². The fraction of sp³-hybridized carbons (Fsp3) is 0.559. The van der Waals surface area contributed by atoms with E-state index in [4.69, 9.17) is 14.2 Å². The summed E-state index contributed by atoms with van der Waals surface area (Å²) in [6.07, 6.45) is 40.7. The van der Waals surface area contributed by atoms with E-state index in [1.54, 1.807) is 23.8 Å². The van der Waals surface area contributed by atoms with Crippen LogP contribution in [0.3, 0.4) is 0 Å². The van der Waals surface area contributed by atoms with Gasteiger partial charge in [-0.15, -0.1) is 0 Å². The second kappa shape index (κ2) is 61.8. The molecule has 0 unspecified atom stereocenters. The summed E-state index contributed by atoms with van der Waals surface area (Å²) in [6, 6.07) is 61.7. The zero-order valence-electron chi connectivity index (χ0n) is 79.3. The third kappa shape index (κ3) is 43.4. The third-order valence-electron chi connectivity index (χ3n) is 22.4. The van der Waals surface area contributed by atoms with Crippen molar-refractivity contribution in [1.29, 1.82) is 0 Å². The molecule has 6 aliphatic carbocycles. The van der Waals surface area contributed by atoms with Gasteiger partial charge in [0.05, 0.1) is 19.3 Å². The molecule has 1 saturated heterocycles. The lowest BCUT2D eigenvalue weighted by molar-refractivity contribution is -0.000536. The number of rotatable bonds is 20. The summed E-state index contributed by atoms with van der Waals surface area (Å²) in [5, 5.41) is 0. The summed E-state index contributed by atoms with van der Waals surface area (Å²) in [4.78, 5) is 6.92. The normalized spacial score (nSPS) is 19.1. The maximum atomic E-state index is 13.4. The molecule has 117 heavy (non-hydrogen) atoms. The molecule has 7 aromatic rings. The van der Waals surface area contributed by atoms with Crippen LogP contribution in [0.2, 0.25) is 0 Å². The van der Waals surface area contributed by atoms with Crippen LogP contribution in [0.1, 0.15) is 316 Å². The molecular weight excluding hydrogens is 1430 g/mol. The molecule has 1 aromatic heterocycles. The van der Waals surface area contributed by atoms with Crippen molar-refractivity contribution in [3.63, 3.8) is 0 Å². The lowest BCUT2D eigenvalue weighted by Gasteiger charge is -2.61. The van der Waals surface area contributed by atoms with E-state index in [9.17, 15) is 4.39 Å². The Kier molecular flexibility index (Phi) is 55.8. The van der Waals surface area contributed by atoms with Crippen LogP contribution in [0.25, 0.3) is 18.2 Å². The molecule has 0 amide bonds. The molecule has 1 aliphatic heterocycles. The summed E-state index contributed by atoms with van der Waals surface area (Å²) >= 11 is 0. The summed E-state index contributed by atoms with van der Waals surface area (Å²) in [7, 11) is 1.53. The first-order valence-corrected chi connectivity index (χ1v) is 46.8. The Bertz CT molecular complexity index is 3510. The zero-order chi connectivity index (χ0) is 87.1. The van der Waals surface area contributed by atoms with E-state index in [1.165, 1.54) is 145 Å². The molecule has 0 atom stereocenters. The highest BCUT2D eigenvalue weighted by Gasteiger charge is 2.52. The van der Waals surface area contributed by atoms with Crippen LogP contribution in [0.15, 0.2) is 219 Å². The lowest BCUT2D eigenvalue weighted by Crippen LogP contribution is -2.63. The maximum absolute atomic E-state index is 13.4. The van der Waals surface area contributed by atoms with Crippen LogP contribution in [-0.2, 0) is 0 Å². The number of allylic oxidation sites excluding steroid dienone is 5. The summed E-state index contributed by atoms with van der Waals surface area (Å²) in [5.41, 5.74) is 8.05. The average molecular weight is 1600 g/mol. The molecular formula is C111H171FN2O3. The van der Waals surface area contributed by atoms with Crippen molar-refractivity contribution in [1.82, 2.24) is 4.98 Å². The SMILES string of the molecule is CC.CC.CC.CC.CC.CC(C)/C=C/C1CCCCC1.CC(C)/C=C/c1ccc(OC2CC2)cc1.CC(C)/C=C/c1ccccc1.CC(C)C1CC(Oc2ccccc2)C1.CC(C)C1CC(c2ccccc2)C1.CC(C)C1CC(c2ccccn2)C1.CC(C)C1CC2(C1)CN(c1ccccc1)C2.COc1ccc(/C=C/C(C)C)c(F)c1. The molecule has 6 aromatic carbocycles. The molecule has 0 N–H and O–H groups in total. The first kappa shape index (κ1) is 106. The number of nitrogens with zero attached hydrogens (tertiary/aromatic N) is 2. The molecule has 6 saturated carbocycles. The predicted molar refractivity (Wildman–Crippen MR) is 517 cm³/mol. The number of aromatic nitrogens is 1. The smallest absolute Gasteiger partial charge is 0.134 e. The third-order valence-corrected chi connectivity index (χ3v) is 22.4. The van der Waals surface area contributed by atoms with Crippen molar-refractivity contribution >= 4 is 23.9 Å². The number of para-hydroxylation sites is 2. The van der Waals surface area contributed by atoms with E-state index in [-0.39, 0.29) is 5.82 Å². The fourth-order valence-corrected chi connectivity index (χ4v) is 14.6. The number of pyridine rings is 1. The molecule has 650 valence electrons.